The molecule has 1 atom stereocenters. The summed E-state index contributed by atoms with van der Waals surface area (Å²) < 4.78 is 0. The fourth-order valence-electron chi connectivity index (χ4n) is 1.40. The SMILES string of the molecule is CC(C)[C@@H](NC(=O)c1[nH]c(=O)[nH]c(=O)c1N)C(=O)O. The number of aromatic amines is 2. The van der Waals surface area contributed by atoms with E-state index in [1.54, 1.807) is 13.8 Å². The van der Waals surface area contributed by atoms with Crippen molar-refractivity contribution in [3.8, 4) is 0 Å². The van der Waals surface area contributed by atoms with E-state index in [0.29, 0.717) is 0 Å². The summed E-state index contributed by atoms with van der Waals surface area (Å²) in [6, 6.07) is -1.16. The summed E-state index contributed by atoms with van der Waals surface area (Å²) >= 11 is 0. The third-order valence-corrected chi connectivity index (χ3v) is 2.43. The number of nitrogens with one attached hydrogen (secondary N) is 3. The molecule has 0 radical (unpaired) electrons. The largest absolute Gasteiger partial charge is 0.480 e. The number of carboxylic acid groups (broad SMARTS) is 1. The van der Waals surface area contributed by atoms with E-state index in [9.17, 15) is 19.2 Å². The summed E-state index contributed by atoms with van der Waals surface area (Å²) in [6.45, 7) is 3.20. The predicted octanol–water partition coefficient (Wildman–Crippen LogP) is -1.52. The van der Waals surface area contributed by atoms with Crippen LogP contribution in [0.1, 0.15) is 24.3 Å². The van der Waals surface area contributed by atoms with E-state index >= 15 is 0 Å². The minimum absolute atomic E-state index is 0.378. The number of hydrogen-bond donors (Lipinski definition) is 5. The number of nitrogen functional groups attached to an aromatic ring is 1. The van der Waals surface area contributed by atoms with Gasteiger partial charge in [0.05, 0.1) is 0 Å². The maximum Gasteiger partial charge on any atom is 0.326 e. The van der Waals surface area contributed by atoms with Gasteiger partial charge in [-0.3, -0.25) is 14.6 Å². The molecule has 1 heterocycles. The molecule has 0 bridgehead atoms. The van der Waals surface area contributed by atoms with E-state index in [1.165, 1.54) is 0 Å². The van der Waals surface area contributed by atoms with Gasteiger partial charge in [-0.05, 0) is 5.92 Å². The zero-order valence-electron chi connectivity index (χ0n) is 10.3. The smallest absolute Gasteiger partial charge is 0.326 e. The standard InChI is InChI=1S/C10H14N4O5/c1-3(2)5(9(17)18)12-8(16)6-4(11)7(15)14-10(19)13-6/h3,5H,11H2,1-2H3,(H,12,16)(H,17,18)(H2,13,14,15,19)/t5-/m1/s1. The van der Waals surface area contributed by atoms with E-state index < -0.39 is 40.5 Å². The van der Waals surface area contributed by atoms with E-state index in [4.69, 9.17) is 10.8 Å². The Morgan fingerprint density at radius 1 is 1.26 bits per heavy atom. The van der Waals surface area contributed by atoms with E-state index in [0.717, 1.165) is 0 Å². The van der Waals surface area contributed by atoms with Crippen molar-refractivity contribution < 1.29 is 14.7 Å². The van der Waals surface area contributed by atoms with Crippen LogP contribution in [0.4, 0.5) is 5.69 Å². The van der Waals surface area contributed by atoms with E-state index in [1.807, 2.05) is 4.98 Å². The Balaban J connectivity index is 3.11. The molecule has 1 rings (SSSR count). The van der Waals surface area contributed by atoms with Gasteiger partial charge in [-0.15, -0.1) is 0 Å². The molecule has 0 fully saturated rings. The zero-order valence-corrected chi connectivity index (χ0v) is 10.3. The van der Waals surface area contributed by atoms with E-state index in [-0.39, 0.29) is 5.92 Å². The Kier molecular flexibility index (Phi) is 4.10. The van der Waals surface area contributed by atoms with Crippen molar-refractivity contribution in [1.82, 2.24) is 15.3 Å². The van der Waals surface area contributed by atoms with Gasteiger partial charge in [0.1, 0.15) is 17.4 Å². The van der Waals surface area contributed by atoms with Gasteiger partial charge < -0.3 is 21.1 Å². The molecular weight excluding hydrogens is 256 g/mol. The number of aromatic nitrogens is 2. The molecule has 0 spiro atoms. The molecule has 1 aromatic rings. The first-order chi connectivity index (χ1) is 8.73. The Hall–Kier alpha value is -2.58. The molecule has 0 saturated heterocycles. The summed E-state index contributed by atoms with van der Waals surface area (Å²) in [4.78, 5) is 48.9. The fraction of sp³-hybridized carbons (Fsp3) is 0.400. The van der Waals surface area contributed by atoms with Crippen molar-refractivity contribution >= 4 is 17.6 Å². The van der Waals surface area contributed by atoms with Gasteiger partial charge in [0, 0.05) is 0 Å². The quantitative estimate of drug-likeness (QED) is 0.447. The highest BCUT2D eigenvalue weighted by Gasteiger charge is 2.25. The van der Waals surface area contributed by atoms with Gasteiger partial charge >= 0.3 is 11.7 Å². The molecule has 6 N–H and O–H groups in total. The third-order valence-electron chi connectivity index (χ3n) is 2.43. The van der Waals surface area contributed by atoms with Crippen LogP contribution in [0.3, 0.4) is 0 Å². The van der Waals surface area contributed by atoms with Crippen LogP contribution in [0, 0.1) is 5.92 Å². The molecule has 19 heavy (non-hydrogen) atoms. The molecule has 0 saturated carbocycles. The maximum atomic E-state index is 11.8. The number of H-pyrrole nitrogens is 2. The van der Waals surface area contributed by atoms with Crippen LogP contribution in [0.15, 0.2) is 9.59 Å². The average molecular weight is 270 g/mol. The number of carbonyl (C=O) groups is 2. The molecule has 0 aliphatic carbocycles. The van der Waals surface area contributed by atoms with Crippen LogP contribution in [0.5, 0.6) is 0 Å². The number of carbonyl (C=O) groups excluding carboxylic acids is 1. The monoisotopic (exact) mass is 270 g/mol. The molecule has 104 valence electrons. The minimum Gasteiger partial charge on any atom is -0.480 e. The minimum atomic E-state index is -1.23. The second-order valence-electron chi connectivity index (χ2n) is 4.23. The molecule has 0 aromatic carbocycles. The number of rotatable bonds is 4. The Labute approximate surface area is 106 Å². The third kappa shape index (κ3) is 3.21. The number of anilines is 1. The van der Waals surface area contributed by atoms with Crippen molar-refractivity contribution in [2.75, 3.05) is 5.73 Å². The van der Waals surface area contributed by atoms with Gasteiger partial charge in [-0.25, -0.2) is 9.59 Å². The molecule has 0 aliphatic rings. The van der Waals surface area contributed by atoms with Gasteiger partial charge in [-0.1, -0.05) is 13.8 Å². The molecular formula is C10H14N4O5. The second-order valence-corrected chi connectivity index (χ2v) is 4.23. The highest BCUT2D eigenvalue weighted by Crippen LogP contribution is 2.05. The van der Waals surface area contributed by atoms with Crippen LogP contribution in [0.25, 0.3) is 0 Å². The van der Waals surface area contributed by atoms with Crippen molar-refractivity contribution in [3.63, 3.8) is 0 Å². The molecule has 9 heteroatoms. The molecule has 1 aromatic heterocycles. The zero-order chi connectivity index (χ0) is 14.7. The normalized spacial score (nSPS) is 12.2. The fourth-order valence-corrected chi connectivity index (χ4v) is 1.40. The van der Waals surface area contributed by atoms with E-state index in [2.05, 4.69) is 10.3 Å². The van der Waals surface area contributed by atoms with Crippen LogP contribution in [-0.2, 0) is 4.79 Å². The van der Waals surface area contributed by atoms with Crippen LogP contribution in [0.2, 0.25) is 0 Å². The number of nitrogens with two attached hydrogens (primary N) is 1. The summed E-state index contributed by atoms with van der Waals surface area (Å²) in [5.74, 6) is -2.53. The number of aliphatic carboxylic acids is 1. The van der Waals surface area contributed by atoms with Crippen molar-refractivity contribution in [2.24, 2.45) is 5.92 Å². The van der Waals surface area contributed by atoms with Gasteiger partial charge in [0.15, 0.2) is 0 Å². The van der Waals surface area contributed by atoms with Gasteiger partial charge in [-0.2, -0.15) is 0 Å². The summed E-state index contributed by atoms with van der Waals surface area (Å²) in [6.07, 6.45) is 0. The second kappa shape index (κ2) is 5.38. The van der Waals surface area contributed by atoms with Gasteiger partial charge in [0.2, 0.25) is 0 Å². The predicted molar refractivity (Wildman–Crippen MR) is 65.8 cm³/mol. The van der Waals surface area contributed by atoms with Crippen LogP contribution < -0.4 is 22.3 Å². The number of amides is 1. The van der Waals surface area contributed by atoms with Crippen LogP contribution >= 0.6 is 0 Å². The Morgan fingerprint density at radius 3 is 2.32 bits per heavy atom. The summed E-state index contributed by atoms with van der Waals surface area (Å²) in [5.41, 5.74) is 2.61. The van der Waals surface area contributed by atoms with Crippen molar-refractivity contribution in [3.05, 3.63) is 26.5 Å². The first-order valence-electron chi connectivity index (χ1n) is 5.39. The molecule has 0 unspecified atom stereocenters. The first-order valence-corrected chi connectivity index (χ1v) is 5.39. The lowest BCUT2D eigenvalue weighted by molar-refractivity contribution is -0.140. The lowest BCUT2D eigenvalue weighted by Crippen LogP contribution is -2.45. The van der Waals surface area contributed by atoms with Crippen LogP contribution in [-0.4, -0.2) is 33.0 Å². The molecule has 9 nitrogen and oxygen atoms in total. The average Bonchev–Trinajstić information content (AvgIpc) is 2.29. The first kappa shape index (κ1) is 14.5. The Bertz CT molecular complexity index is 615. The topological polar surface area (TPSA) is 158 Å². The number of hydrogen-bond acceptors (Lipinski definition) is 5. The lowest BCUT2D eigenvalue weighted by Gasteiger charge is -2.17. The molecule has 1 amide bonds. The number of carboxylic acids is 1. The Morgan fingerprint density at radius 2 is 1.84 bits per heavy atom. The van der Waals surface area contributed by atoms with Gasteiger partial charge in [0.25, 0.3) is 11.5 Å². The highest BCUT2D eigenvalue weighted by molar-refractivity contribution is 5.98. The summed E-state index contributed by atoms with van der Waals surface area (Å²) in [7, 11) is 0. The summed E-state index contributed by atoms with van der Waals surface area (Å²) in [5, 5.41) is 11.1. The molecule has 0 aliphatic heterocycles. The van der Waals surface area contributed by atoms with Crippen molar-refractivity contribution in [1.29, 1.82) is 0 Å². The maximum absolute atomic E-state index is 11.8. The highest BCUT2D eigenvalue weighted by atomic mass is 16.4. The van der Waals surface area contributed by atoms with Crippen molar-refractivity contribution in [2.45, 2.75) is 19.9 Å². The lowest BCUT2D eigenvalue weighted by atomic mass is 10.0.